The van der Waals surface area contributed by atoms with Gasteiger partial charge in [-0.1, -0.05) is 0 Å². The van der Waals surface area contributed by atoms with Crippen LogP contribution >= 0.6 is 0 Å². The van der Waals surface area contributed by atoms with Gasteiger partial charge in [-0.05, 0) is 0 Å². The summed E-state index contributed by atoms with van der Waals surface area (Å²) in [5.74, 6) is 0. The molecule has 0 atom stereocenters. The van der Waals surface area contributed by atoms with Crippen LogP contribution in [0.5, 0.6) is 0 Å². The van der Waals surface area contributed by atoms with E-state index in [4.69, 9.17) is 0 Å². The van der Waals surface area contributed by atoms with Gasteiger partial charge in [-0.3, -0.25) is 0 Å². The Morgan fingerprint density at radius 3 is 2.43 bits per heavy atom. The van der Waals surface area contributed by atoms with E-state index in [1.54, 1.807) is 12.9 Å². The van der Waals surface area contributed by atoms with Crippen LogP contribution in [0.25, 0.3) is 0 Å². The first-order valence-corrected chi connectivity index (χ1v) is 2.26. The maximum atomic E-state index is 3.56. The van der Waals surface area contributed by atoms with Crippen LogP contribution in [-0.2, 0) is 0 Å². The Labute approximate surface area is 46.2 Å². The summed E-state index contributed by atoms with van der Waals surface area (Å²) in [5.41, 5.74) is 1.08. The molecule has 0 N–H and O–H groups in total. The molecule has 0 saturated carbocycles. The molecule has 0 aromatic carbocycles. The Kier molecular flexibility index (Phi) is 3.58. The van der Waals surface area contributed by atoms with E-state index >= 15 is 0 Å². The quantitative estimate of drug-likeness (QED) is 0.343. The maximum absolute atomic E-state index is 3.56. The van der Waals surface area contributed by atoms with Gasteiger partial charge in [-0.15, -0.1) is 0 Å². The molecule has 34 valence electrons. The van der Waals surface area contributed by atoms with Crippen LogP contribution in [0.1, 0.15) is 6.92 Å². The van der Waals surface area contributed by atoms with Gasteiger partial charge in [0.1, 0.15) is 0 Å². The van der Waals surface area contributed by atoms with Crippen LogP contribution in [0.2, 0.25) is 0 Å². The van der Waals surface area contributed by atoms with Gasteiger partial charge in [0, 0.05) is 0 Å². The van der Waals surface area contributed by atoms with E-state index in [-0.39, 0.29) is 0 Å². The molecule has 0 bridgehead atoms. The minimum atomic E-state index is 1.08. The number of rotatable bonds is 2. The van der Waals surface area contributed by atoms with Crippen LogP contribution in [0, 0.1) is 0 Å². The van der Waals surface area contributed by atoms with E-state index in [1.807, 2.05) is 13.0 Å². The molecule has 0 radical (unpaired) electrons. The number of allylic oxidation sites excluding steroid dienone is 3. The van der Waals surface area contributed by atoms with Gasteiger partial charge in [0.2, 0.25) is 0 Å². The van der Waals surface area contributed by atoms with Gasteiger partial charge in [-0.2, -0.15) is 0 Å². The molecule has 0 amide bonds. The molecule has 2 heteroatoms. The zero-order valence-electron chi connectivity index (χ0n) is 4.65. The summed E-state index contributed by atoms with van der Waals surface area (Å²) in [5, 5.41) is 0. The SMILES string of the molecule is B=B/C(C=C)=C/C. The van der Waals surface area contributed by atoms with Crippen molar-refractivity contribution in [2.75, 3.05) is 0 Å². The first kappa shape index (κ1) is 6.61. The van der Waals surface area contributed by atoms with Crippen molar-refractivity contribution in [3.63, 3.8) is 0 Å². The van der Waals surface area contributed by atoms with Gasteiger partial charge >= 0.3 is 45.3 Å². The van der Waals surface area contributed by atoms with E-state index in [0.717, 1.165) is 5.47 Å². The second-order valence-electron chi connectivity index (χ2n) is 1.20. The van der Waals surface area contributed by atoms with Gasteiger partial charge in [0.25, 0.3) is 0 Å². The molecule has 0 fully saturated rings. The van der Waals surface area contributed by atoms with Crippen LogP contribution in [-0.4, -0.2) is 14.2 Å². The summed E-state index contributed by atoms with van der Waals surface area (Å²) < 4.78 is 0. The first-order valence-electron chi connectivity index (χ1n) is 2.26. The van der Waals surface area contributed by atoms with E-state index in [2.05, 4.69) is 13.9 Å². The Morgan fingerprint density at radius 2 is 2.43 bits per heavy atom. The summed E-state index contributed by atoms with van der Waals surface area (Å²) in [6, 6.07) is 0. The molecular weight excluding hydrogens is 81.7 g/mol. The van der Waals surface area contributed by atoms with Crippen molar-refractivity contribution >= 4 is 14.2 Å². The van der Waals surface area contributed by atoms with Gasteiger partial charge in [0.05, 0.1) is 0 Å². The van der Waals surface area contributed by atoms with Crippen molar-refractivity contribution in [1.29, 1.82) is 0 Å². The zero-order valence-corrected chi connectivity index (χ0v) is 4.65. The second kappa shape index (κ2) is 3.79. The minimum absolute atomic E-state index is 1.08. The fraction of sp³-hybridized carbons (Fsp3) is 0.200. The summed E-state index contributed by atoms with van der Waals surface area (Å²) in [4.78, 5) is 0. The van der Waals surface area contributed by atoms with Crippen molar-refractivity contribution in [2.45, 2.75) is 6.92 Å². The molecule has 0 aliphatic heterocycles. The van der Waals surface area contributed by atoms with Crippen molar-refractivity contribution in [2.24, 2.45) is 0 Å². The van der Waals surface area contributed by atoms with Gasteiger partial charge < -0.3 is 0 Å². The topological polar surface area (TPSA) is 0 Å². The van der Waals surface area contributed by atoms with E-state index in [0.29, 0.717) is 0 Å². The van der Waals surface area contributed by atoms with Gasteiger partial charge in [0.15, 0.2) is 0 Å². The predicted molar refractivity (Wildman–Crippen MR) is 36.9 cm³/mol. The van der Waals surface area contributed by atoms with E-state index in [9.17, 15) is 0 Å². The Hall–Kier alpha value is -0.390. The molecule has 0 nitrogen and oxygen atoms in total. The average molecular weight is 89.7 g/mol. The monoisotopic (exact) mass is 90.1 g/mol. The number of hydrogen-bond donors (Lipinski definition) is 0. The van der Waals surface area contributed by atoms with Gasteiger partial charge in [-0.25, -0.2) is 0 Å². The van der Waals surface area contributed by atoms with Crippen LogP contribution in [0.15, 0.2) is 24.2 Å². The number of hydrogen-bond acceptors (Lipinski definition) is 0. The standard InChI is InChI=1S/C5H8B2/c1-3-5(4-2)7-6/h3-4,6H,1H2,2H3/b5-4+. The molecule has 0 aromatic rings. The van der Waals surface area contributed by atoms with Crippen molar-refractivity contribution in [3.05, 3.63) is 24.2 Å². The Balaban J connectivity index is 3.85. The molecule has 0 heterocycles. The third-order valence-electron chi connectivity index (χ3n) is 0.805. The van der Waals surface area contributed by atoms with Crippen LogP contribution < -0.4 is 0 Å². The van der Waals surface area contributed by atoms with E-state index < -0.39 is 0 Å². The normalized spacial score (nSPS) is 10.0. The first-order chi connectivity index (χ1) is 3.35. The predicted octanol–water partition coefficient (Wildman–Crippen LogP) is 0.596. The molecule has 0 saturated heterocycles. The molecule has 0 aliphatic carbocycles. The molecule has 0 aromatic heterocycles. The Morgan fingerprint density at radius 1 is 1.86 bits per heavy atom. The molecule has 7 heavy (non-hydrogen) atoms. The van der Waals surface area contributed by atoms with Crippen molar-refractivity contribution in [1.82, 2.24) is 0 Å². The Bertz CT molecular complexity index is 92.6. The molecule has 0 rings (SSSR count). The fourth-order valence-corrected chi connectivity index (χ4v) is 0.319. The van der Waals surface area contributed by atoms with Crippen molar-refractivity contribution < 1.29 is 0 Å². The molecular formula is C5H8B2. The third kappa shape index (κ3) is 2.32. The molecule has 0 aliphatic rings. The van der Waals surface area contributed by atoms with E-state index in [1.165, 1.54) is 0 Å². The zero-order chi connectivity index (χ0) is 5.70. The summed E-state index contributed by atoms with van der Waals surface area (Å²) in [6.45, 7) is 7.29. The van der Waals surface area contributed by atoms with Crippen LogP contribution in [0.3, 0.4) is 0 Å². The summed E-state index contributed by atoms with van der Waals surface area (Å²) in [6.07, 6.45) is 3.73. The fourth-order valence-electron chi connectivity index (χ4n) is 0.319. The summed E-state index contributed by atoms with van der Waals surface area (Å²) >= 11 is 0. The van der Waals surface area contributed by atoms with Crippen molar-refractivity contribution in [3.8, 4) is 0 Å². The molecule has 0 unspecified atom stereocenters. The average Bonchev–Trinajstić information content (AvgIpc) is 1.72. The molecule has 0 spiro atoms. The third-order valence-corrected chi connectivity index (χ3v) is 0.805. The second-order valence-corrected chi connectivity index (χ2v) is 1.20. The summed E-state index contributed by atoms with van der Waals surface area (Å²) in [7, 11) is 3.56. The van der Waals surface area contributed by atoms with Crippen LogP contribution in [0.4, 0.5) is 0 Å².